The number of nitrogens with one attached hydrogen (secondary N) is 2. The van der Waals surface area contributed by atoms with Crippen molar-refractivity contribution in [1.29, 1.82) is 0 Å². The van der Waals surface area contributed by atoms with Gasteiger partial charge in [0.2, 0.25) is 0 Å². The first-order chi connectivity index (χ1) is 10.1. The molecule has 1 heterocycles. The van der Waals surface area contributed by atoms with Crippen LogP contribution in [0, 0.1) is 0 Å². The van der Waals surface area contributed by atoms with Crippen LogP contribution in [0.4, 0.5) is 13.2 Å². The number of hydrogen-bond donors (Lipinski definition) is 2. The molecule has 1 aliphatic rings. The van der Waals surface area contributed by atoms with E-state index in [1.807, 2.05) is 6.92 Å². The fraction of sp³-hybridized carbons (Fsp3) is 0.917. The molecular formula is C12H24F3IN4O2S. The van der Waals surface area contributed by atoms with Crippen LogP contribution in [0.15, 0.2) is 4.99 Å². The molecule has 0 aromatic rings. The maximum absolute atomic E-state index is 12.3. The standard InChI is InChI=1S/C12H23F3N4O2S.HI/c1-3-16-11(17-5-7-22(2,20)21)18-10-4-6-19(8-10)9-12(13,14)15;/h10H,3-9H2,1-2H3,(H2,16,17,18);1H. The Balaban J connectivity index is 0.00000484. The molecule has 23 heavy (non-hydrogen) atoms. The van der Waals surface area contributed by atoms with Gasteiger partial charge in [-0.05, 0) is 13.3 Å². The zero-order valence-electron chi connectivity index (χ0n) is 13.2. The average molecular weight is 472 g/mol. The Morgan fingerprint density at radius 1 is 1.39 bits per heavy atom. The number of likely N-dealkylation sites (tertiary alicyclic amines) is 1. The summed E-state index contributed by atoms with van der Waals surface area (Å²) in [5.74, 6) is 0.374. The van der Waals surface area contributed by atoms with Gasteiger partial charge in [0.25, 0.3) is 0 Å². The van der Waals surface area contributed by atoms with E-state index >= 15 is 0 Å². The summed E-state index contributed by atoms with van der Waals surface area (Å²) in [7, 11) is -3.09. The number of alkyl halides is 3. The maximum atomic E-state index is 12.3. The molecule has 1 fully saturated rings. The van der Waals surface area contributed by atoms with Gasteiger partial charge in [-0.2, -0.15) is 13.2 Å². The van der Waals surface area contributed by atoms with Crippen LogP contribution in [-0.2, 0) is 9.84 Å². The second kappa shape index (κ2) is 9.87. The van der Waals surface area contributed by atoms with Crippen molar-refractivity contribution in [2.24, 2.45) is 4.99 Å². The van der Waals surface area contributed by atoms with Gasteiger partial charge in [-0.15, -0.1) is 24.0 Å². The van der Waals surface area contributed by atoms with Gasteiger partial charge in [0.05, 0.1) is 18.8 Å². The zero-order valence-corrected chi connectivity index (χ0v) is 16.3. The van der Waals surface area contributed by atoms with Crippen molar-refractivity contribution in [3.63, 3.8) is 0 Å². The molecule has 1 rings (SSSR count). The van der Waals surface area contributed by atoms with E-state index in [-0.39, 0.29) is 48.9 Å². The molecular weight excluding hydrogens is 448 g/mol. The highest BCUT2D eigenvalue weighted by Gasteiger charge is 2.34. The lowest BCUT2D eigenvalue weighted by Gasteiger charge is -2.19. The van der Waals surface area contributed by atoms with E-state index in [4.69, 9.17) is 0 Å². The van der Waals surface area contributed by atoms with E-state index in [0.29, 0.717) is 25.5 Å². The monoisotopic (exact) mass is 472 g/mol. The molecule has 0 saturated carbocycles. The first kappa shape index (κ1) is 22.7. The van der Waals surface area contributed by atoms with E-state index < -0.39 is 22.6 Å². The Morgan fingerprint density at radius 3 is 2.57 bits per heavy atom. The molecule has 6 nitrogen and oxygen atoms in total. The molecule has 1 atom stereocenters. The van der Waals surface area contributed by atoms with Crippen LogP contribution >= 0.6 is 24.0 Å². The minimum absolute atomic E-state index is 0. The summed E-state index contributed by atoms with van der Waals surface area (Å²) in [6, 6.07) is -0.126. The molecule has 0 radical (unpaired) electrons. The van der Waals surface area contributed by atoms with Crippen molar-refractivity contribution < 1.29 is 21.6 Å². The lowest BCUT2D eigenvalue weighted by atomic mass is 10.3. The fourth-order valence-electron chi connectivity index (χ4n) is 2.18. The highest BCUT2D eigenvalue weighted by atomic mass is 127. The van der Waals surface area contributed by atoms with Gasteiger partial charge in [-0.25, -0.2) is 8.42 Å². The smallest absolute Gasteiger partial charge is 0.357 e. The van der Waals surface area contributed by atoms with Crippen molar-refractivity contribution in [3.8, 4) is 0 Å². The van der Waals surface area contributed by atoms with Crippen LogP contribution in [0.1, 0.15) is 13.3 Å². The lowest BCUT2D eigenvalue weighted by molar-refractivity contribution is -0.143. The first-order valence-corrected chi connectivity index (χ1v) is 9.17. The molecule has 0 aromatic carbocycles. The van der Waals surface area contributed by atoms with E-state index in [1.165, 1.54) is 4.90 Å². The van der Waals surface area contributed by atoms with Crippen molar-refractivity contribution >= 4 is 39.8 Å². The summed E-state index contributed by atoms with van der Waals surface area (Å²) in [5.41, 5.74) is 0. The minimum atomic E-state index is -4.19. The van der Waals surface area contributed by atoms with E-state index in [2.05, 4.69) is 15.6 Å². The van der Waals surface area contributed by atoms with Crippen LogP contribution in [0.25, 0.3) is 0 Å². The molecule has 0 amide bonds. The molecule has 0 aromatic heterocycles. The van der Waals surface area contributed by atoms with Crippen LogP contribution in [0.5, 0.6) is 0 Å². The number of hydrogen-bond acceptors (Lipinski definition) is 4. The number of halogens is 4. The molecule has 1 unspecified atom stereocenters. The molecule has 1 aliphatic heterocycles. The Kier molecular flexibility index (Phi) is 9.74. The summed E-state index contributed by atoms with van der Waals surface area (Å²) in [4.78, 5) is 5.48. The van der Waals surface area contributed by atoms with Crippen LogP contribution in [0.3, 0.4) is 0 Å². The van der Waals surface area contributed by atoms with Crippen molar-refractivity contribution in [3.05, 3.63) is 0 Å². The second-order valence-corrected chi connectivity index (χ2v) is 7.63. The van der Waals surface area contributed by atoms with E-state index in [9.17, 15) is 21.6 Å². The third-order valence-electron chi connectivity index (χ3n) is 3.09. The fourth-order valence-corrected chi connectivity index (χ4v) is 2.61. The zero-order chi connectivity index (χ0) is 16.8. The van der Waals surface area contributed by atoms with Crippen LogP contribution in [0.2, 0.25) is 0 Å². The highest BCUT2D eigenvalue weighted by molar-refractivity contribution is 14.0. The number of sulfone groups is 1. The number of aliphatic imine (C=N–C) groups is 1. The number of rotatable bonds is 6. The summed E-state index contributed by atoms with van der Waals surface area (Å²) in [6.07, 6.45) is -2.47. The van der Waals surface area contributed by atoms with Gasteiger partial charge in [-0.1, -0.05) is 0 Å². The third kappa shape index (κ3) is 11.0. The molecule has 0 bridgehead atoms. The maximum Gasteiger partial charge on any atom is 0.401 e. The molecule has 138 valence electrons. The Hall–Kier alpha value is -0.300. The highest BCUT2D eigenvalue weighted by Crippen LogP contribution is 2.19. The predicted octanol–water partition coefficient (Wildman–Crippen LogP) is 0.841. The third-order valence-corrected chi connectivity index (χ3v) is 4.02. The molecule has 2 N–H and O–H groups in total. The van der Waals surface area contributed by atoms with Crippen LogP contribution < -0.4 is 10.6 Å². The Labute approximate surface area is 152 Å². The summed E-state index contributed by atoms with van der Waals surface area (Å²) < 4.78 is 59.2. The largest absolute Gasteiger partial charge is 0.401 e. The normalized spacial score (nSPS) is 20.2. The van der Waals surface area contributed by atoms with Crippen molar-refractivity contribution in [2.45, 2.75) is 25.6 Å². The number of nitrogens with zero attached hydrogens (tertiary/aromatic N) is 2. The van der Waals surface area contributed by atoms with Gasteiger partial charge in [-0.3, -0.25) is 9.89 Å². The molecule has 0 spiro atoms. The Morgan fingerprint density at radius 2 is 2.04 bits per heavy atom. The van der Waals surface area contributed by atoms with Gasteiger partial charge in [0.15, 0.2) is 5.96 Å². The molecule has 1 saturated heterocycles. The van der Waals surface area contributed by atoms with Crippen molar-refractivity contribution in [1.82, 2.24) is 15.5 Å². The number of guanidine groups is 1. The quantitative estimate of drug-likeness (QED) is 0.341. The van der Waals surface area contributed by atoms with Crippen LogP contribution in [-0.4, -0.2) is 76.2 Å². The summed E-state index contributed by atoms with van der Waals surface area (Å²) >= 11 is 0. The first-order valence-electron chi connectivity index (χ1n) is 7.11. The van der Waals surface area contributed by atoms with Gasteiger partial charge in [0.1, 0.15) is 9.84 Å². The average Bonchev–Trinajstić information content (AvgIpc) is 2.72. The summed E-state index contributed by atoms with van der Waals surface area (Å²) in [5, 5.41) is 6.02. The molecule has 0 aliphatic carbocycles. The second-order valence-electron chi connectivity index (χ2n) is 5.37. The van der Waals surface area contributed by atoms with Gasteiger partial charge in [0, 0.05) is 31.9 Å². The lowest BCUT2D eigenvalue weighted by Crippen LogP contribution is -2.45. The van der Waals surface area contributed by atoms with Gasteiger partial charge >= 0.3 is 6.18 Å². The molecule has 11 heteroatoms. The SMILES string of the molecule is CCNC(=NCCS(C)(=O)=O)NC1CCN(CC(F)(F)F)C1.I. The van der Waals surface area contributed by atoms with E-state index in [1.54, 1.807) is 0 Å². The Bertz CT molecular complexity index is 485. The topological polar surface area (TPSA) is 73.8 Å². The van der Waals surface area contributed by atoms with E-state index in [0.717, 1.165) is 6.26 Å². The predicted molar refractivity (Wildman–Crippen MR) is 95.1 cm³/mol. The van der Waals surface area contributed by atoms with Gasteiger partial charge < -0.3 is 10.6 Å². The summed E-state index contributed by atoms with van der Waals surface area (Å²) in [6.45, 7) is 2.32. The minimum Gasteiger partial charge on any atom is -0.357 e. The van der Waals surface area contributed by atoms with Crippen molar-refractivity contribution in [2.75, 3.05) is 44.7 Å².